The Labute approximate surface area is 216 Å². The zero-order valence-electron chi connectivity index (χ0n) is 23.4. The second-order valence-corrected chi connectivity index (χ2v) is 13.8. The number of hydrogen-bond donors (Lipinski definition) is 1. The molecule has 0 spiro atoms. The number of hydrogen-bond acceptors (Lipinski definition) is 4. The Morgan fingerprint density at radius 3 is 1.23 bits per heavy atom. The molecule has 0 amide bonds. The van der Waals surface area contributed by atoms with Crippen molar-refractivity contribution in [1.29, 1.82) is 0 Å². The third-order valence-corrected chi connectivity index (χ3v) is 6.31. The Morgan fingerprint density at radius 1 is 0.629 bits per heavy atom. The topological polar surface area (TPSA) is 63.6 Å². The van der Waals surface area contributed by atoms with E-state index < -0.39 is 22.0 Å². The first kappa shape index (κ1) is 28.9. The van der Waals surface area contributed by atoms with E-state index >= 15 is 0 Å². The summed E-state index contributed by atoms with van der Waals surface area (Å²) in [4.78, 5) is 25.8. The van der Waals surface area contributed by atoms with E-state index in [1.54, 1.807) is 24.3 Å². The largest absolute Gasteiger partial charge is 0.507 e. The summed E-state index contributed by atoms with van der Waals surface area (Å²) in [5.41, 5.74) is 1.98. The zero-order chi connectivity index (χ0) is 27.3. The van der Waals surface area contributed by atoms with E-state index in [-0.39, 0.29) is 16.6 Å². The van der Waals surface area contributed by atoms with Gasteiger partial charge in [0.25, 0.3) is 5.24 Å². The van der Waals surface area contributed by atoms with Crippen LogP contribution in [-0.4, -0.2) is 16.3 Å². The highest BCUT2D eigenvalue weighted by Gasteiger charge is 2.32. The van der Waals surface area contributed by atoms with Gasteiger partial charge in [-0.2, -0.15) is 0 Å². The van der Waals surface area contributed by atoms with Crippen LogP contribution in [0, 0.1) is 0 Å². The van der Waals surface area contributed by atoms with Crippen LogP contribution in [-0.2, 0) is 21.7 Å². The van der Waals surface area contributed by atoms with Crippen LogP contribution < -0.4 is 4.74 Å². The summed E-state index contributed by atoms with van der Waals surface area (Å²) in [5.74, 6) is 0.138. The first-order chi connectivity index (χ1) is 15.5. The Kier molecular flexibility index (Phi) is 7.66. The van der Waals surface area contributed by atoms with E-state index in [9.17, 15) is 14.7 Å². The fourth-order valence-corrected chi connectivity index (χ4v) is 4.12. The Hall–Kier alpha value is -2.33. The predicted molar refractivity (Wildman–Crippen MR) is 144 cm³/mol. The number of ether oxygens (including phenoxy) is 1. The average Bonchev–Trinajstić information content (AvgIpc) is 2.64. The van der Waals surface area contributed by atoms with Crippen LogP contribution in [0.25, 0.3) is 0 Å². The van der Waals surface area contributed by atoms with E-state index in [0.29, 0.717) is 28.0 Å². The molecule has 0 aliphatic carbocycles. The lowest BCUT2D eigenvalue weighted by molar-refractivity contribution is 0.0728. The van der Waals surface area contributed by atoms with Gasteiger partial charge >= 0.3 is 5.97 Å². The third-order valence-electron chi connectivity index (χ3n) is 6.09. The normalized spacial score (nSPS) is 13.1. The molecule has 0 aliphatic heterocycles. The lowest BCUT2D eigenvalue weighted by atomic mass is 9.78. The molecule has 2 aromatic carbocycles. The summed E-state index contributed by atoms with van der Waals surface area (Å²) in [6, 6.07) is 6.87. The lowest BCUT2D eigenvalue weighted by Crippen LogP contribution is -2.24. The third kappa shape index (κ3) is 6.46. The van der Waals surface area contributed by atoms with Crippen molar-refractivity contribution < 1.29 is 19.4 Å². The quantitative estimate of drug-likeness (QED) is 0.262. The molecule has 0 atom stereocenters. The van der Waals surface area contributed by atoms with Gasteiger partial charge in [0, 0.05) is 27.8 Å². The van der Waals surface area contributed by atoms with Gasteiger partial charge in [0.05, 0.1) is 5.56 Å². The fraction of sp³-hybridized carbons (Fsp3) is 0.533. The number of rotatable bonds is 3. The summed E-state index contributed by atoms with van der Waals surface area (Å²) in [7, 11) is 0. The van der Waals surface area contributed by atoms with Gasteiger partial charge < -0.3 is 9.84 Å². The lowest BCUT2D eigenvalue weighted by Gasteiger charge is -2.30. The van der Waals surface area contributed by atoms with Gasteiger partial charge in [-0.3, -0.25) is 4.79 Å². The number of carbonyl (C=O) groups is 2. The molecule has 2 rings (SSSR count). The SMILES string of the molecule is CC(C)(C)c1cc(C(=O)Oc2c(C(C)(C)C)cc(C(=O)Cl)cc2C(C)(C)C)cc(C(C)(C)C)c1O. The summed E-state index contributed by atoms with van der Waals surface area (Å²) in [6.45, 7) is 24.0. The van der Waals surface area contributed by atoms with Crippen LogP contribution in [0.4, 0.5) is 0 Å². The van der Waals surface area contributed by atoms with Gasteiger partial charge in [-0.1, -0.05) is 83.1 Å². The highest BCUT2D eigenvalue weighted by molar-refractivity contribution is 6.67. The molecule has 0 aliphatic rings. The van der Waals surface area contributed by atoms with Crippen LogP contribution >= 0.6 is 11.6 Å². The van der Waals surface area contributed by atoms with Crippen molar-refractivity contribution in [3.63, 3.8) is 0 Å². The van der Waals surface area contributed by atoms with E-state index in [1.165, 1.54) is 0 Å². The van der Waals surface area contributed by atoms with Crippen LogP contribution in [0.3, 0.4) is 0 Å². The predicted octanol–water partition coefficient (Wildman–Crippen LogP) is 8.18. The molecule has 0 heterocycles. The minimum Gasteiger partial charge on any atom is -0.507 e. The Morgan fingerprint density at radius 2 is 0.943 bits per heavy atom. The number of carbonyl (C=O) groups excluding carboxylic acids is 2. The maximum absolute atomic E-state index is 13.7. The van der Waals surface area contributed by atoms with Crippen molar-refractivity contribution in [2.75, 3.05) is 0 Å². The summed E-state index contributed by atoms with van der Waals surface area (Å²) >= 11 is 5.87. The first-order valence-corrected chi connectivity index (χ1v) is 12.4. The molecule has 192 valence electrons. The van der Waals surface area contributed by atoms with E-state index in [4.69, 9.17) is 16.3 Å². The molecule has 35 heavy (non-hydrogen) atoms. The molecular weight excluding hydrogens is 460 g/mol. The van der Waals surface area contributed by atoms with Crippen molar-refractivity contribution in [1.82, 2.24) is 0 Å². The molecule has 0 bridgehead atoms. The number of benzene rings is 2. The van der Waals surface area contributed by atoms with Crippen LogP contribution in [0.15, 0.2) is 24.3 Å². The minimum atomic E-state index is -0.554. The maximum Gasteiger partial charge on any atom is 0.343 e. The summed E-state index contributed by atoms with van der Waals surface area (Å²) in [5, 5.41) is 10.5. The second-order valence-electron chi connectivity index (χ2n) is 13.5. The molecule has 2 aromatic rings. The van der Waals surface area contributed by atoms with Crippen molar-refractivity contribution in [2.24, 2.45) is 0 Å². The molecular formula is C30H41ClO4. The molecule has 0 saturated heterocycles. The molecule has 1 N–H and O–H groups in total. The van der Waals surface area contributed by atoms with Gasteiger partial charge in [0.15, 0.2) is 0 Å². The summed E-state index contributed by atoms with van der Waals surface area (Å²) in [6.07, 6.45) is 0. The highest BCUT2D eigenvalue weighted by Crippen LogP contribution is 2.43. The van der Waals surface area contributed by atoms with Crippen LogP contribution in [0.1, 0.15) is 126 Å². The molecule has 0 unspecified atom stereocenters. The standard InChI is InChI=1S/C30H41ClO4/c1-27(2,3)19-15-18(16-20(23(19)32)28(4,5)6)26(34)35-24-21(29(7,8)9)13-17(25(31)33)14-22(24)30(10,11)12/h13-16,32H,1-12H3. The average molecular weight is 501 g/mol. The van der Waals surface area contributed by atoms with Crippen molar-refractivity contribution in [3.8, 4) is 11.5 Å². The van der Waals surface area contributed by atoms with Gasteiger partial charge in [0.2, 0.25) is 0 Å². The number of phenols is 1. The smallest absolute Gasteiger partial charge is 0.343 e. The summed E-state index contributed by atoms with van der Waals surface area (Å²) < 4.78 is 6.15. The monoisotopic (exact) mass is 500 g/mol. The van der Waals surface area contributed by atoms with Gasteiger partial charge in [-0.25, -0.2) is 4.79 Å². The zero-order valence-corrected chi connectivity index (χ0v) is 24.1. The highest BCUT2D eigenvalue weighted by atomic mass is 35.5. The maximum atomic E-state index is 13.7. The van der Waals surface area contributed by atoms with Gasteiger partial charge in [-0.05, 0) is 57.5 Å². The number of esters is 1. The molecule has 5 heteroatoms. The van der Waals surface area contributed by atoms with Crippen molar-refractivity contribution >= 4 is 22.8 Å². The molecule has 4 nitrogen and oxygen atoms in total. The molecule has 0 saturated carbocycles. The minimum absolute atomic E-state index is 0.206. The van der Waals surface area contributed by atoms with Crippen LogP contribution in [0.2, 0.25) is 0 Å². The first-order valence-electron chi connectivity index (χ1n) is 12.0. The second kappa shape index (κ2) is 9.28. The van der Waals surface area contributed by atoms with E-state index in [1.807, 2.05) is 83.1 Å². The van der Waals surface area contributed by atoms with Gasteiger partial charge in [0.1, 0.15) is 11.5 Å². The Balaban J connectivity index is 2.81. The van der Waals surface area contributed by atoms with E-state index in [2.05, 4.69) is 0 Å². The fourth-order valence-electron chi connectivity index (χ4n) is 4.01. The number of phenolic OH excluding ortho intramolecular Hbond substituents is 1. The van der Waals surface area contributed by atoms with Crippen LogP contribution in [0.5, 0.6) is 11.5 Å². The molecule has 0 fully saturated rings. The van der Waals surface area contributed by atoms with E-state index in [0.717, 1.165) is 11.1 Å². The van der Waals surface area contributed by atoms with Gasteiger partial charge in [-0.15, -0.1) is 0 Å². The number of halogens is 1. The Bertz CT molecular complexity index is 1080. The molecule has 0 aromatic heterocycles. The van der Waals surface area contributed by atoms with Crippen molar-refractivity contribution in [3.05, 3.63) is 57.6 Å². The number of aromatic hydroxyl groups is 1. The van der Waals surface area contributed by atoms with Crippen molar-refractivity contribution in [2.45, 2.75) is 105 Å². The molecule has 0 radical (unpaired) electrons.